The molecule has 1 aliphatic heterocycles. The molecule has 2 fully saturated rings. The lowest BCUT2D eigenvalue weighted by Gasteiger charge is -2.18. The molecule has 0 aromatic carbocycles. The quantitative estimate of drug-likeness (QED) is 0.588. The Balaban J connectivity index is 1.83. The highest BCUT2D eigenvalue weighted by Crippen LogP contribution is 2.22. The topological polar surface area (TPSA) is 17.3 Å². The maximum Gasteiger partial charge on any atom is 0.212 e. The van der Waals surface area contributed by atoms with E-state index < -0.39 is 0 Å². The molecule has 14 heavy (non-hydrogen) atoms. The molecule has 2 heteroatoms. The van der Waals surface area contributed by atoms with Crippen molar-refractivity contribution in [3.05, 3.63) is 0 Å². The second-order valence-corrected chi connectivity index (χ2v) is 4.73. The molecule has 0 aromatic heterocycles. The van der Waals surface area contributed by atoms with Crippen molar-refractivity contribution in [3.63, 3.8) is 0 Å². The minimum atomic E-state index is 0.788. The summed E-state index contributed by atoms with van der Waals surface area (Å²) in [5, 5.41) is 2.43. The molecule has 2 rings (SSSR count). The zero-order chi connectivity index (χ0) is 9.64. The zero-order valence-corrected chi connectivity index (χ0v) is 9.25. The van der Waals surface area contributed by atoms with Crippen LogP contribution < -0.4 is 5.43 Å². The summed E-state index contributed by atoms with van der Waals surface area (Å²) >= 11 is 0. The third-order valence-electron chi connectivity index (χ3n) is 3.57. The number of nitrogens with zero attached hydrogens (tertiary/aromatic N) is 2. The van der Waals surface area contributed by atoms with Crippen molar-refractivity contribution in [2.24, 2.45) is 0 Å². The van der Waals surface area contributed by atoms with Gasteiger partial charge < -0.3 is 0 Å². The molecule has 0 atom stereocenters. The molecular formula is C12H23N2+. The van der Waals surface area contributed by atoms with Crippen molar-refractivity contribution in [1.29, 1.82) is 0 Å². The summed E-state index contributed by atoms with van der Waals surface area (Å²) in [4.78, 5) is 0. The van der Waals surface area contributed by atoms with Gasteiger partial charge in [0.15, 0.2) is 5.43 Å². The van der Waals surface area contributed by atoms with Gasteiger partial charge in [0.2, 0.25) is 6.54 Å². The van der Waals surface area contributed by atoms with E-state index in [4.69, 9.17) is 5.43 Å². The van der Waals surface area contributed by atoms with Crippen molar-refractivity contribution in [2.45, 2.75) is 63.8 Å². The van der Waals surface area contributed by atoms with E-state index in [2.05, 4.69) is 5.01 Å². The van der Waals surface area contributed by atoms with E-state index in [9.17, 15) is 0 Å². The van der Waals surface area contributed by atoms with Gasteiger partial charge in [-0.15, -0.1) is 0 Å². The summed E-state index contributed by atoms with van der Waals surface area (Å²) in [6.07, 6.45) is 12.6. The molecule has 2 radical (unpaired) electrons. The molecule has 80 valence electrons. The van der Waals surface area contributed by atoms with Crippen molar-refractivity contribution < 1.29 is 0 Å². The fraction of sp³-hybridized carbons (Fsp3) is 1.00. The van der Waals surface area contributed by atoms with Gasteiger partial charge >= 0.3 is 0 Å². The second-order valence-electron chi connectivity index (χ2n) is 4.73. The Bertz CT molecular complexity index is 124. The first-order valence-electron chi connectivity index (χ1n) is 6.41. The first-order chi connectivity index (χ1) is 6.97. The van der Waals surface area contributed by atoms with Crippen LogP contribution in [-0.4, -0.2) is 24.1 Å². The van der Waals surface area contributed by atoms with E-state index in [1.165, 1.54) is 64.3 Å². The Kier molecular flexibility index (Phi) is 4.26. The number of rotatable bonds is 1. The fourth-order valence-electron chi connectivity index (χ4n) is 2.69. The largest absolute Gasteiger partial charge is 0.212 e. The Morgan fingerprint density at radius 2 is 1.50 bits per heavy atom. The predicted molar refractivity (Wildman–Crippen MR) is 59.0 cm³/mol. The zero-order valence-electron chi connectivity index (χ0n) is 9.25. The first kappa shape index (κ1) is 10.4. The first-order valence-corrected chi connectivity index (χ1v) is 6.41. The van der Waals surface area contributed by atoms with Crippen molar-refractivity contribution in [3.8, 4) is 0 Å². The SMILES string of the molecule is C1CCCC(N2CCCCC[N+]2)CC1. The standard InChI is InChI=1S/C12H23N2/c1-2-5-9-12(8-4-1)14-11-7-3-6-10-13-14/h12H,1-11H2/q+1. The Labute approximate surface area is 88.0 Å². The normalized spacial score (nSPS) is 28.3. The maximum absolute atomic E-state index is 4.72. The molecule has 2 nitrogen and oxygen atoms in total. The van der Waals surface area contributed by atoms with E-state index >= 15 is 0 Å². The van der Waals surface area contributed by atoms with Gasteiger partial charge in [0, 0.05) is 6.42 Å². The molecule has 0 bridgehead atoms. The van der Waals surface area contributed by atoms with Gasteiger partial charge in [0.25, 0.3) is 0 Å². The molecular weight excluding hydrogens is 172 g/mol. The van der Waals surface area contributed by atoms with Gasteiger partial charge in [-0.2, -0.15) is 0 Å². The third-order valence-corrected chi connectivity index (χ3v) is 3.57. The van der Waals surface area contributed by atoms with E-state index in [1.807, 2.05) is 0 Å². The van der Waals surface area contributed by atoms with Crippen LogP contribution in [-0.2, 0) is 0 Å². The van der Waals surface area contributed by atoms with Crippen LogP contribution in [0, 0.1) is 0 Å². The highest BCUT2D eigenvalue weighted by atomic mass is 15.5. The summed E-state index contributed by atoms with van der Waals surface area (Å²) in [5.41, 5.74) is 4.72. The smallest absolute Gasteiger partial charge is 0.0532 e. The lowest BCUT2D eigenvalue weighted by molar-refractivity contribution is 0.114. The average Bonchev–Trinajstić information content (AvgIpc) is 2.62. The molecule has 0 amide bonds. The van der Waals surface area contributed by atoms with Crippen LogP contribution in [0.15, 0.2) is 0 Å². The summed E-state index contributed by atoms with van der Waals surface area (Å²) in [6, 6.07) is 0.788. The van der Waals surface area contributed by atoms with E-state index in [1.54, 1.807) is 0 Å². The monoisotopic (exact) mass is 195 g/mol. The molecule has 1 heterocycles. The molecule has 0 unspecified atom stereocenters. The van der Waals surface area contributed by atoms with Crippen molar-refractivity contribution in [1.82, 2.24) is 10.4 Å². The Morgan fingerprint density at radius 3 is 2.29 bits per heavy atom. The Hall–Kier alpha value is -0.0800. The molecule has 1 aliphatic carbocycles. The highest BCUT2D eigenvalue weighted by Gasteiger charge is 2.30. The second kappa shape index (κ2) is 5.72. The van der Waals surface area contributed by atoms with Gasteiger partial charge in [-0.05, 0) is 30.7 Å². The minimum absolute atomic E-state index is 0.788. The summed E-state index contributed by atoms with van der Waals surface area (Å²) in [6.45, 7) is 2.31. The van der Waals surface area contributed by atoms with Gasteiger partial charge in [-0.3, -0.25) is 0 Å². The van der Waals surface area contributed by atoms with Gasteiger partial charge in [0.1, 0.15) is 0 Å². The van der Waals surface area contributed by atoms with Crippen LogP contribution in [0.1, 0.15) is 57.8 Å². The third kappa shape index (κ3) is 2.96. The summed E-state index contributed by atoms with van der Waals surface area (Å²) < 4.78 is 0. The van der Waals surface area contributed by atoms with Crippen LogP contribution in [0.3, 0.4) is 0 Å². The van der Waals surface area contributed by atoms with Crippen molar-refractivity contribution in [2.75, 3.05) is 13.1 Å². The molecule has 2 aliphatic rings. The molecule has 0 N–H and O–H groups in total. The lowest BCUT2D eigenvalue weighted by atomic mass is 10.1. The summed E-state index contributed by atoms with van der Waals surface area (Å²) in [5.74, 6) is 0. The summed E-state index contributed by atoms with van der Waals surface area (Å²) in [7, 11) is 0. The molecule has 1 saturated carbocycles. The molecule has 1 saturated heterocycles. The van der Waals surface area contributed by atoms with E-state index in [0.29, 0.717) is 0 Å². The molecule has 0 aromatic rings. The fourth-order valence-corrected chi connectivity index (χ4v) is 2.69. The highest BCUT2D eigenvalue weighted by molar-refractivity contribution is 4.73. The van der Waals surface area contributed by atoms with Gasteiger partial charge in [0.05, 0.1) is 12.6 Å². The number of hydrogen-bond donors (Lipinski definition) is 0. The Morgan fingerprint density at radius 1 is 0.786 bits per heavy atom. The van der Waals surface area contributed by atoms with E-state index in [-0.39, 0.29) is 0 Å². The van der Waals surface area contributed by atoms with Crippen LogP contribution in [0.5, 0.6) is 0 Å². The average molecular weight is 195 g/mol. The van der Waals surface area contributed by atoms with Crippen LogP contribution >= 0.6 is 0 Å². The van der Waals surface area contributed by atoms with E-state index in [0.717, 1.165) is 12.6 Å². The molecule has 0 spiro atoms. The lowest BCUT2D eigenvalue weighted by Crippen LogP contribution is -2.40. The number of hydrogen-bond acceptors (Lipinski definition) is 1. The van der Waals surface area contributed by atoms with Crippen LogP contribution in [0.25, 0.3) is 0 Å². The van der Waals surface area contributed by atoms with Crippen LogP contribution in [0.4, 0.5) is 0 Å². The predicted octanol–water partition coefficient (Wildman–Crippen LogP) is 2.71. The van der Waals surface area contributed by atoms with Crippen molar-refractivity contribution >= 4 is 0 Å². The van der Waals surface area contributed by atoms with Gasteiger partial charge in [-0.25, -0.2) is 0 Å². The minimum Gasteiger partial charge on any atom is -0.0532 e. The van der Waals surface area contributed by atoms with Gasteiger partial charge in [-0.1, -0.05) is 25.7 Å². The maximum atomic E-state index is 4.72. The van der Waals surface area contributed by atoms with Crippen LogP contribution in [0.2, 0.25) is 0 Å².